The minimum Gasteiger partial charge on any atom is -0.377 e. The van der Waals surface area contributed by atoms with E-state index in [0.29, 0.717) is 25.5 Å². The molecular weight excluding hydrogens is 306 g/mol. The average molecular weight is 333 g/mol. The number of carbonyl (C=O) groups is 1. The molecule has 1 aromatic rings. The smallest absolute Gasteiger partial charge is 0.275 e. The first-order valence-corrected chi connectivity index (χ1v) is 9.23. The number of amides is 1. The van der Waals surface area contributed by atoms with Crippen LogP contribution in [0.3, 0.4) is 0 Å². The minimum absolute atomic E-state index is 0.0360. The van der Waals surface area contributed by atoms with Crippen molar-refractivity contribution in [2.24, 2.45) is 0 Å². The van der Waals surface area contributed by atoms with Gasteiger partial charge in [0.05, 0.1) is 36.7 Å². The highest BCUT2D eigenvalue weighted by Gasteiger charge is 2.44. The Balaban J connectivity index is 1.66. The van der Waals surface area contributed by atoms with Crippen LogP contribution in [0.25, 0.3) is 0 Å². The zero-order valence-corrected chi connectivity index (χ0v) is 14.6. The Hall–Kier alpha value is -1.40. The Morgan fingerprint density at radius 2 is 2.08 bits per heavy atom. The number of rotatable bonds is 1. The van der Waals surface area contributed by atoms with Gasteiger partial charge in [-0.15, -0.1) is 0 Å². The Morgan fingerprint density at radius 3 is 2.88 bits per heavy atom. The Morgan fingerprint density at radius 1 is 1.29 bits per heavy atom. The van der Waals surface area contributed by atoms with Crippen LogP contribution in [-0.2, 0) is 15.9 Å². The number of fused-ring (bicyclic) bond motifs is 1. The fourth-order valence-electron chi connectivity index (χ4n) is 4.65. The lowest BCUT2D eigenvalue weighted by Crippen LogP contribution is -2.60. The topological polar surface area (TPSA) is 67.5 Å². The largest absolute Gasteiger partial charge is 0.377 e. The van der Waals surface area contributed by atoms with Crippen LogP contribution in [0, 0.1) is 0 Å². The van der Waals surface area contributed by atoms with E-state index in [4.69, 9.17) is 9.47 Å². The number of aromatic nitrogens is 2. The molecule has 132 valence electrons. The molecule has 2 atom stereocenters. The first kappa shape index (κ1) is 16.1. The summed E-state index contributed by atoms with van der Waals surface area (Å²) in [6, 6.07) is 0. The van der Waals surface area contributed by atoms with Crippen molar-refractivity contribution < 1.29 is 14.3 Å². The van der Waals surface area contributed by atoms with Crippen molar-refractivity contribution in [2.75, 3.05) is 19.8 Å². The fraction of sp³-hybridized carbons (Fsp3) is 0.778. The third kappa shape index (κ3) is 2.56. The van der Waals surface area contributed by atoms with Gasteiger partial charge in [0, 0.05) is 18.5 Å². The van der Waals surface area contributed by atoms with E-state index in [1.54, 1.807) is 0 Å². The third-order valence-corrected chi connectivity index (χ3v) is 5.87. The molecule has 0 aromatic carbocycles. The maximum atomic E-state index is 13.4. The highest BCUT2D eigenvalue weighted by atomic mass is 16.5. The molecule has 6 heteroatoms. The average Bonchev–Trinajstić information content (AvgIpc) is 2.99. The third-order valence-electron chi connectivity index (χ3n) is 5.87. The predicted octanol–water partition coefficient (Wildman–Crippen LogP) is 2.61. The minimum atomic E-state index is -0.123. The number of nitrogens with one attached hydrogen (secondary N) is 1. The second kappa shape index (κ2) is 6.15. The normalized spacial score (nSPS) is 29.5. The molecule has 0 bridgehead atoms. The van der Waals surface area contributed by atoms with E-state index in [2.05, 4.69) is 22.0 Å². The van der Waals surface area contributed by atoms with Crippen molar-refractivity contribution in [3.8, 4) is 0 Å². The van der Waals surface area contributed by atoms with Gasteiger partial charge in [-0.3, -0.25) is 9.89 Å². The van der Waals surface area contributed by atoms with E-state index in [1.165, 1.54) is 19.3 Å². The van der Waals surface area contributed by atoms with Crippen LogP contribution >= 0.6 is 0 Å². The molecule has 1 saturated carbocycles. The van der Waals surface area contributed by atoms with E-state index in [-0.39, 0.29) is 23.7 Å². The number of nitrogens with zero attached hydrogens (tertiary/aromatic N) is 2. The van der Waals surface area contributed by atoms with Crippen LogP contribution in [0.2, 0.25) is 0 Å². The van der Waals surface area contributed by atoms with E-state index in [9.17, 15) is 4.79 Å². The molecule has 0 radical (unpaired) electrons. The maximum Gasteiger partial charge on any atom is 0.275 e. The molecule has 6 nitrogen and oxygen atoms in total. The molecule has 1 aliphatic carbocycles. The zero-order valence-electron chi connectivity index (χ0n) is 14.6. The molecule has 1 saturated heterocycles. The van der Waals surface area contributed by atoms with E-state index >= 15 is 0 Å². The highest BCUT2D eigenvalue weighted by Crippen LogP contribution is 2.38. The number of hydrogen-bond donors (Lipinski definition) is 1. The quantitative estimate of drug-likeness (QED) is 0.858. The molecule has 1 N–H and O–H groups in total. The summed E-state index contributed by atoms with van der Waals surface area (Å²) in [5.41, 5.74) is 2.48. The molecule has 2 fully saturated rings. The number of aromatic amines is 1. The number of carbonyl (C=O) groups excluding carboxylic acids is 1. The van der Waals surface area contributed by atoms with Crippen molar-refractivity contribution >= 4 is 5.91 Å². The van der Waals surface area contributed by atoms with Crippen molar-refractivity contribution in [1.82, 2.24) is 15.1 Å². The molecule has 3 aliphatic rings. The number of H-pyrrole nitrogens is 1. The summed E-state index contributed by atoms with van der Waals surface area (Å²) in [6.07, 6.45) is 6.52. The van der Waals surface area contributed by atoms with Crippen molar-refractivity contribution in [1.29, 1.82) is 0 Å². The molecule has 1 spiro atoms. The Kier molecular flexibility index (Phi) is 4.12. The lowest BCUT2D eigenvalue weighted by molar-refractivity contribution is -0.0685. The maximum absolute atomic E-state index is 13.4. The van der Waals surface area contributed by atoms with Gasteiger partial charge in [0.25, 0.3) is 5.91 Å². The monoisotopic (exact) mass is 333 g/mol. The van der Waals surface area contributed by atoms with Crippen molar-refractivity contribution in [2.45, 2.75) is 70.1 Å². The summed E-state index contributed by atoms with van der Waals surface area (Å²) in [4.78, 5) is 15.4. The van der Waals surface area contributed by atoms with Crippen LogP contribution in [0.4, 0.5) is 0 Å². The van der Waals surface area contributed by atoms with Crippen LogP contribution in [0.15, 0.2) is 0 Å². The Labute approximate surface area is 142 Å². The van der Waals surface area contributed by atoms with Gasteiger partial charge in [-0.25, -0.2) is 0 Å². The molecule has 3 heterocycles. The summed E-state index contributed by atoms with van der Waals surface area (Å²) in [7, 11) is 0. The van der Waals surface area contributed by atoms with Gasteiger partial charge in [0.2, 0.25) is 0 Å². The molecule has 24 heavy (non-hydrogen) atoms. The number of ether oxygens (including phenoxy) is 2. The highest BCUT2D eigenvalue weighted by molar-refractivity contribution is 5.94. The molecular formula is C18H27N3O3. The second-order valence-corrected chi connectivity index (χ2v) is 7.55. The predicted molar refractivity (Wildman–Crippen MR) is 88.9 cm³/mol. The standard InChI is InChI=1S/C18H27N3O3/c1-12-10-14-15(13(2)24-12)19-20-16(14)17(22)21-8-9-23-11-18(21)6-4-3-5-7-18/h12-13H,3-11H2,1-2H3,(H,19,20)/t12-,13+/m1/s1. The number of hydrogen-bond acceptors (Lipinski definition) is 4. The number of morpholine rings is 1. The van der Waals surface area contributed by atoms with Gasteiger partial charge in [0.15, 0.2) is 5.69 Å². The van der Waals surface area contributed by atoms with Crippen LogP contribution in [0.1, 0.15) is 73.8 Å². The van der Waals surface area contributed by atoms with E-state index < -0.39 is 0 Å². The first-order valence-electron chi connectivity index (χ1n) is 9.23. The van der Waals surface area contributed by atoms with Crippen molar-refractivity contribution in [3.05, 3.63) is 17.0 Å². The van der Waals surface area contributed by atoms with Gasteiger partial charge in [-0.2, -0.15) is 5.10 Å². The van der Waals surface area contributed by atoms with Crippen molar-refractivity contribution in [3.63, 3.8) is 0 Å². The molecule has 4 rings (SSSR count). The fourth-order valence-corrected chi connectivity index (χ4v) is 4.65. The summed E-state index contributed by atoms with van der Waals surface area (Å²) >= 11 is 0. The lowest BCUT2D eigenvalue weighted by atomic mass is 9.79. The first-order chi connectivity index (χ1) is 11.6. The molecule has 1 aromatic heterocycles. The van der Waals surface area contributed by atoms with Crippen LogP contribution in [0.5, 0.6) is 0 Å². The van der Waals surface area contributed by atoms with Crippen LogP contribution < -0.4 is 0 Å². The van der Waals surface area contributed by atoms with Gasteiger partial charge in [-0.1, -0.05) is 19.3 Å². The van der Waals surface area contributed by atoms with E-state index in [0.717, 1.165) is 30.5 Å². The van der Waals surface area contributed by atoms with Gasteiger partial charge >= 0.3 is 0 Å². The summed E-state index contributed by atoms with van der Waals surface area (Å²) < 4.78 is 11.6. The summed E-state index contributed by atoms with van der Waals surface area (Å²) in [5.74, 6) is 0.0685. The summed E-state index contributed by atoms with van der Waals surface area (Å²) in [6.45, 7) is 6.02. The van der Waals surface area contributed by atoms with E-state index in [1.807, 2.05) is 6.92 Å². The summed E-state index contributed by atoms with van der Waals surface area (Å²) in [5, 5.41) is 7.45. The second-order valence-electron chi connectivity index (χ2n) is 7.55. The molecule has 1 amide bonds. The van der Waals surface area contributed by atoms with Crippen LogP contribution in [-0.4, -0.2) is 52.4 Å². The Bertz CT molecular complexity index is 613. The lowest BCUT2D eigenvalue weighted by Gasteiger charge is -2.49. The van der Waals surface area contributed by atoms with Gasteiger partial charge in [0.1, 0.15) is 0 Å². The zero-order chi connectivity index (χ0) is 16.7. The van der Waals surface area contributed by atoms with Gasteiger partial charge < -0.3 is 14.4 Å². The van der Waals surface area contributed by atoms with Gasteiger partial charge in [-0.05, 0) is 26.7 Å². The SMILES string of the molecule is C[C@@H]1Cc2c(C(=O)N3CCOCC34CCCCC4)n[nH]c2[C@H](C)O1. The molecule has 2 aliphatic heterocycles. The molecule has 0 unspecified atom stereocenters.